The SMILES string of the molecule is CC(C)(C)OC(=O)CN(C(=O)c1c(Cl)cccc1Cl)c1cccc(I)c1. The van der Waals surface area contributed by atoms with E-state index in [0.717, 1.165) is 3.57 Å². The fourth-order valence-electron chi connectivity index (χ4n) is 2.26. The normalized spacial score (nSPS) is 11.2. The van der Waals surface area contributed by atoms with Gasteiger partial charge >= 0.3 is 5.97 Å². The van der Waals surface area contributed by atoms with Crippen LogP contribution < -0.4 is 4.90 Å². The third kappa shape index (κ3) is 5.59. The molecular formula is C19H18Cl2INO3. The predicted octanol–water partition coefficient (Wildman–Crippen LogP) is 5.59. The number of rotatable bonds is 4. The first-order valence-corrected chi connectivity index (χ1v) is 9.65. The third-order valence-electron chi connectivity index (χ3n) is 3.25. The molecule has 7 heteroatoms. The number of benzene rings is 2. The fraction of sp³-hybridized carbons (Fsp3) is 0.263. The van der Waals surface area contributed by atoms with Gasteiger partial charge in [-0.15, -0.1) is 0 Å². The van der Waals surface area contributed by atoms with Crippen LogP contribution in [0.5, 0.6) is 0 Å². The minimum absolute atomic E-state index is 0.151. The first kappa shape index (κ1) is 21.0. The maximum Gasteiger partial charge on any atom is 0.326 e. The highest BCUT2D eigenvalue weighted by Gasteiger charge is 2.27. The number of hydrogen-bond donors (Lipinski definition) is 0. The zero-order valence-electron chi connectivity index (χ0n) is 14.6. The highest BCUT2D eigenvalue weighted by Crippen LogP contribution is 2.28. The lowest BCUT2D eigenvalue weighted by Gasteiger charge is -2.26. The van der Waals surface area contributed by atoms with Gasteiger partial charge in [0, 0.05) is 9.26 Å². The Labute approximate surface area is 176 Å². The van der Waals surface area contributed by atoms with Crippen LogP contribution in [0.3, 0.4) is 0 Å². The van der Waals surface area contributed by atoms with E-state index in [1.165, 1.54) is 4.90 Å². The monoisotopic (exact) mass is 505 g/mol. The lowest BCUT2D eigenvalue weighted by molar-refractivity contribution is -0.152. The largest absolute Gasteiger partial charge is 0.459 e. The molecule has 2 aromatic rings. The molecule has 4 nitrogen and oxygen atoms in total. The Hall–Kier alpha value is -1.31. The maximum atomic E-state index is 13.1. The first-order valence-electron chi connectivity index (χ1n) is 7.82. The Bertz CT molecular complexity index is 814. The Morgan fingerprint density at radius 2 is 1.65 bits per heavy atom. The summed E-state index contributed by atoms with van der Waals surface area (Å²) in [7, 11) is 0. The minimum Gasteiger partial charge on any atom is -0.459 e. The molecule has 1 amide bonds. The molecule has 0 bridgehead atoms. The van der Waals surface area contributed by atoms with Gasteiger partial charge in [0.05, 0.1) is 15.6 Å². The molecule has 0 unspecified atom stereocenters. The Morgan fingerprint density at radius 1 is 1.08 bits per heavy atom. The van der Waals surface area contributed by atoms with E-state index in [-0.39, 0.29) is 22.2 Å². The van der Waals surface area contributed by atoms with Crippen LogP contribution in [0.2, 0.25) is 10.0 Å². The maximum absolute atomic E-state index is 13.1. The summed E-state index contributed by atoms with van der Waals surface area (Å²) < 4.78 is 6.29. The summed E-state index contributed by atoms with van der Waals surface area (Å²) in [5.74, 6) is -0.985. The van der Waals surface area contributed by atoms with Crippen molar-refractivity contribution in [3.05, 3.63) is 61.6 Å². The molecule has 0 radical (unpaired) electrons. The molecule has 0 atom stereocenters. The van der Waals surface area contributed by atoms with Gasteiger partial charge in [-0.05, 0) is 73.7 Å². The van der Waals surface area contributed by atoms with Crippen molar-refractivity contribution in [1.29, 1.82) is 0 Å². The fourth-order valence-corrected chi connectivity index (χ4v) is 3.35. The molecule has 0 aliphatic heterocycles. The summed E-state index contributed by atoms with van der Waals surface area (Å²) in [5, 5.41) is 0.449. The van der Waals surface area contributed by atoms with Crippen LogP contribution in [0.15, 0.2) is 42.5 Å². The van der Waals surface area contributed by atoms with Crippen molar-refractivity contribution in [3.63, 3.8) is 0 Å². The summed E-state index contributed by atoms with van der Waals surface area (Å²) in [4.78, 5) is 26.8. The number of amides is 1. The van der Waals surface area contributed by atoms with E-state index in [0.29, 0.717) is 5.69 Å². The van der Waals surface area contributed by atoms with Gasteiger partial charge in [-0.25, -0.2) is 0 Å². The van der Waals surface area contributed by atoms with Crippen LogP contribution in [0.4, 0.5) is 5.69 Å². The molecule has 0 saturated heterocycles. The lowest BCUT2D eigenvalue weighted by Crippen LogP contribution is -2.39. The average molecular weight is 506 g/mol. The molecule has 26 heavy (non-hydrogen) atoms. The van der Waals surface area contributed by atoms with Crippen molar-refractivity contribution < 1.29 is 14.3 Å². The van der Waals surface area contributed by atoms with Gasteiger partial charge in [-0.3, -0.25) is 14.5 Å². The standard InChI is InChI=1S/C19H18Cl2INO3/c1-19(2,3)26-16(24)11-23(13-7-4-6-12(22)10-13)18(25)17-14(20)8-5-9-15(17)21/h4-10H,11H2,1-3H3. The minimum atomic E-state index is -0.654. The van der Waals surface area contributed by atoms with Crippen LogP contribution in [0.1, 0.15) is 31.1 Å². The van der Waals surface area contributed by atoms with Gasteiger partial charge in [0.25, 0.3) is 5.91 Å². The Kier molecular flexibility index (Phi) is 6.93. The van der Waals surface area contributed by atoms with Crippen molar-refractivity contribution in [2.45, 2.75) is 26.4 Å². The number of nitrogens with zero attached hydrogens (tertiary/aromatic N) is 1. The molecule has 138 valence electrons. The van der Waals surface area contributed by atoms with Gasteiger partial charge in [0.1, 0.15) is 12.1 Å². The van der Waals surface area contributed by atoms with E-state index in [2.05, 4.69) is 22.6 Å². The Morgan fingerprint density at radius 3 is 2.19 bits per heavy atom. The highest BCUT2D eigenvalue weighted by molar-refractivity contribution is 14.1. The molecule has 0 heterocycles. The highest BCUT2D eigenvalue weighted by atomic mass is 127. The molecule has 0 saturated carbocycles. The van der Waals surface area contributed by atoms with Gasteiger partial charge in [-0.1, -0.05) is 35.3 Å². The second kappa shape index (κ2) is 8.59. The van der Waals surface area contributed by atoms with Gasteiger partial charge in [-0.2, -0.15) is 0 Å². The number of anilines is 1. The topological polar surface area (TPSA) is 46.6 Å². The lowest BCUT2D eigenvalue weighted by atomic mass is 10.1. The summed E-state index contributed by atoms with van der Waals surface area (Å²) in [6.45, 7) is 5.06. The number of esters is 1. The second-order valence-corrected chi connectivity index (χ2v) is 8.61. The number of ether oxygens (including phenoxy) is 1. The van der Waals surface area contributed by atoms with Crippen LogP contribution >= 0.6 is 45.8 Å². The van der Waals surface area contributed by atoms with E-state index in [1.807, 2.05) is 6.07 Å². The molecule has 0 aliphatic rings. The molecule has 0 fully saturated rings. The van der Waals surface area contributed by atoms with Crippen LogP contribution in [-0.4, -0.2) is 24.0 Å². The summed E-state index contributed by atoms with van der Waals surface area (Å²) in [5.41, 5.74) is 0.0564. The van der Waals surface area contributed by atoms with Crippen LogP contribution in [-0.2, 0) is 9.53 Å². The number of hydrogen-bond acceptors (Lipinski definition) is 3. The first-order chi connectivity index (χ1) is 12.1. The van der Waals surface area contributed by atoms with Crippen LogP contribution in [0.25, 0.3) is 0 Å². The van der Waals surface area contributed by atoms with Crippen molar-refractivity contribution in [1.82, 2.24) is 0 Å². The summed E-state index contributed by atoms with van der Waals surface area (Å²) in [6, 6.07) is 12.1. The van der Waals surface area contributed by atoms with E-state index in [9.17, 15) is 9.59 Å². The van der Waals surface area contributed by atoms with E-state index in [4.69, 9.17) is 27.9 Å². The Balaban J connectivity index is 2.43. The molecule has 0 spiro atoms. The van der Waals surface area contributed by atoms with Gasteiger partial charge < -0.3 is 4.74 Å². The second-order valence-electron chi connectivity index (χ2n) is 6.55. The number of halogens is 3. The quantitative estimate of drug-likeness (QED) is 0.402. The van der Waals surface area contributed by atoms with E-state index >= 15 is 0 Å². The van der Waals surface area contributed by atoms with Crippen molar-refractivity contribution in [2.24, 2.45) is 0 Å². The van der Waals surface area contributed by atoms with Crippen molar-refractivity contribution >= 4 is 63.4 Å². The van der Waals surface area contributed by atoms with Crippen molar-refractivity contribution in [3.8, 4) is 0 Å². The average Bonchev–Trinajstić information content (AvgIpc) is 2.50. The number of carbonyl (C=O) groups excluding carboxylic acids is 2. The molecule has 2 aromatic carbocycles. The molecule has 0 N–H and O–H groups in total. The third-order valence-corrected chi connectivity index (χ3v) is 4.55. The van der Waals surface area contributed by atoms with E-state index in [1.54, 1.807) is 57.2 Å². The van der Waals surface area contributed by atoms with Gasteiger partial charge in [0.2, 0.25) is 0 Å². The zero-order valence-corrected chi connectivity index (χ0v) is 18.2. The molecule has 0 aliphatic carbocycles. The number of carbonyl (C=O) groups is 2. The van der Waals surface area contributed by atoms with E-state index < -0.39 is 17.5 Å². The predicted molar refractivity (Wildman–Crippen MR) is 113 cm³/mol. The zero-order chi connectivity index (χ0) is 19.5. The summed E-state index contributed by atoms with van der Waals surface area (Å²) in [6.07, 6.45) is 0. The molecular weight excluding hydrogens is 488 g/mol. The van der Waals surface area contributed by atoms with Gasteiger partial charge in [0.15, 0.2) is 0 Å². The van der Waals surface area contributed by atoms with Crippen LogP contribution in [0, 0.1) is 3.57 Å². The smallest absolute Gasteiger partial charge is 0.326 e. The van der Waals surface area contributed by atoms with Crippen molar-refractivity contribution in [2.75, 3.05) is 11.4 Å². The summed E-state index contributed by atoms with van der Waals surface area (Å²) >= 11 is 14.5. The molecule has 0 aromatic heterocycles. The molecule has 2 rings (SSSR count).